The van der Waals surface area contributed by atoms with Crippen molar-refractivity contribution < 1.29 is 9.53 Å². The molecule has 2 N–H and O–H groups in total. The Bertz CT molecular complexity index is 607. The molecule has 2 heterocycles. The molecule has 0 aliphatic heterocycles. The summed E-state index contributed by atoms with van der Waals surface area (Å²) in [6.07, 6.45) is 6.83. The summed E-state index contributed by atoms with van der Waals surface area (Å²) in [6.45, 7) is 4.15. The van der Waals surface area contributed by atoms with E-state index in [1.54, 1.807) is 19.2 Å². The molecule has 0 atom stereocenters. The Kier molecular flexibility index (Phi) is 4.34. The van der Waals surface area contributed by atoms with Crippen LogP contribution in [0, 0.1) is 0 Å². The van der Waals surface area contributed by atoms with Crippen molar-refractivity contribution in [3.63, 3.8) is 0 Å². The molecule has 0 aliphatic carbocycles. The van der Waals surface area contributed by atoms with Gasteiger partial charge in [0.2, 0.25) is 0 Å². The van der Waals surface area contributed by atoms with Crippen molar-refractivity contribution >= 4 is 11.7 Å². The summed E-state index contributed by atoms with van der Waals surface area (Å²) in [6, 6.07) is 1.63. The van der Waals surface area contributed by atoms with Crippen LogP contribution in [0.15, 0.2) is 24.7 Å². The van der Waals surface area contributed by atoms with E-state index in [2.05, 4.69) is 16.9 Å². The maximum Gasteiger partial charge on any atom is 0.340 e. The fourth-order valence-electron chi connectivity index (χ4n) is 1.92. The second-order valence-electron chi connectivity index (χ2n) is 4.31. The van der Waals surface area contributed by atoms with Gasteiger partial charge in [-0.25, -0.2) is 14.8 Å². The normalized spacial score (nSPS) is 10.5. The van der Waals surface area contributed by atoms with Crippen molar-refractivity contribution in [3.8, 4) is 5.82 Å². The molecule has 0 radical (unpaired) electrons. The van der Waals surface area contributed by atoms with Crippen LogP contribution in [-0.2, 0) is 11.2 Å². The number of aromatic nitrogens is 3. The molecule has 2 aromatic heterocycles. The quantitative estimate of drug-likeness (QED) is 0.843. The van der Waals surface area contributed by atoms with Crippen LogP contribution in [0.5, 0.6) is 0 Å². The lowest BCUT2D eigenvalue weighted by Gasteiger charge is -2.10. The zero-order chi connectivity index (χ0) is 14.5. The van der Waals surface area contributed by atoms with E-state index in [0.29, 0.717) is 23.7 Å². The third-order valence-corrected chi connectivity index (χ3v) is 2.85. The lowest BCUT2D eigenvalue weighted by atomic mass is 10.2. The molecule has 0 saturated carbocycles. The van der Waals surface area contributed by atoms with E-state index in [9.17, 15) is 4.79 Å². The summed E-state index contributed by atoms with van der Waals surface area (Å²) in [7, 11) is 0. The number of nitrogens with zero attached hydrogens (tertiary/aromatic N) is 3. The van der Waals surface area contributed by atoms with E-state index in [0.717, 1.165) is 18.7 Å². The highest BCUT2D eigenvalue weighted by Crippen LogP contribution is 2.17. The maximum absolute atomic E-state index is 11.8. The molecular weight excluding hydrogens is 256 g/mol. The van der Waals surface area contributed by atoms with Crippen molar-refractivity contribution in [1.82, 2.24) is 14.5 Å². The van der Waals surface area contributed by atoms with Gasteiger partial charge in [0.1, 0.15) is 11.6 Å². The number of carbonyl (C=O) groups is 1. The first-order chi connectivity index (χ1) is 9.67. The van der Waals surface area contributed by atoms with Gasteiger partial charge in [0.25, 0.3) is 0 Å². The highest BCUT2D eigenvalue weighted by Gasteiger charge is 2.14. The average molecular weight is 274 g/mol. The van der Waals surface area contributed by atoms with Gasteiger partial charge in [0, 0.05) is 18.8 Å². The highest BCUT2D eigenvalue weighted by molar-refractivity contribution is 5.95. The number of hydrogen-bond acceptors (Lipinski definition) is 5. The van der Waals surface area contributed by atoms with Crippen molar-refractivity contribution in [1.29, 1.82) is 0 Å². The molecule has 6 nitrogen and oxygen atoms in total. The first-order valence-electron chi connectivity index (χ1n) is 6.62. The van der Waals surface area contributed by atoms with E-state index >= 15 is 0 Å². The van der Waals surface area contributed by atoms with Gasteiger partial charge in [-0.2, -0.15) is 0 Å². The number of hydrogen-bond donors (Lipinski definition) is 1. The number of aryl methyl sites for hydroxylation is 1. The summed E-state index contributed by atoms with van der Waals surface area (Å²) in [5, 5.41) is 0. The number of nitrogens with two attached hydrogens (primary N) is 1. The first-order valence-corrected chi connectivity index (χ1v) is 6.62. The third-order valence-electron chi connectivity index (χ3n) is 2.85. The molecule has 6 heteroatoms. The number of esters is 1. The fourth-order valence-corrected chi connectivity index (χ4v) is 1.92. The van der Waals surface area contributed by atoms with Crippen LogP contribution in [0.1, 0.15) is 36.5 Å². The zero-order valence-electron chi connectivity index (χ0n) is 11.7. The second kappa shape index (κ2) is 6.18. The number of imidazole rings is 1. The van der Waals surface area contributed by atoms with Crippen LogP contribution in [0.4, 0.5) is 5.69 Å². The Balaban J connectivity index is 2.40. The second-order valence-corrected chi connectivity index (χ2v) is 4.31. The molecule has 2 aromatic rings. The van der Waals surface area contributed by atoms with Crippen LogP contribution in [0.2, 0.25) is 0 Å². The van der Waals surface area contributed by atoms with Gasteiger partial charge in [-0.15, -0.1) is 0 Å². The summed E-state index contributed by atoms with van der Waals surface area (Å²) in [5.41, 5.74) is 6.42. The largest absolute Gasteiger partial charge is 0.462 e. The summed E-state index contributed by atoms with van der Waals surface area (Å²) in [4.78, 5) is 20.4. The molecule has 20 heavy (non-hydrogen) atoms. The predicted molar refractivity (Wildman–Crippen MR) is 75.7 cm³/mol. The smallest absolute Gasteiger partial charge is 0.340 e. The monoisotopic (exact) mass is 274 g/mol. The Morgan fingerprint density at radius 1 is 1.40 bits per heavy atom. The standard InChI is InChI=1S/C14H18N4O2/c1-3-5-12-16-6-7-18(12)13-8-10(11(15)9-17-13)14(19)20-4-2/h6-9H,3-5,15H2,1-2H3. The lowest BCUT2D eigenvalue weighted by Crippen LogP contribution is -2.11. The van der Waals surface area contributed by atoms with Crippen LogP contribution in [0.3, 0.4) is 0 Å². The minimum absolute atomic E-state index is 0.308. The Labute approximate surface area is 117 Å². The van der Waals surface area contributed by atoms with Gasteiger partial charge >= 0.3 is 5.97 Å². The van der Waals surface area contributed by atoms with E-state index in [-0.39, 0.29) is 0 Å². The Hall–Kier alpha value is -2.37. The van der Waals surface area contributed by atoms with E-state index < -0.39 is 5.97 Å². The number of anilines is 1. The van der Waals surface area contributed by atoms with E-state index in [1.807, 2.05) is 10.8 Å². The molecule has 0 amide bonds. The molecule has 0 fully saturated rings. The van der Waals surface area contributed by atoms with Crippen molar-refractivity contribution in [2.75, 3.05) is 12.3 Å². The van der Waals surface area contributed by atoms with Gasteiger partial charge < -0.3 is 10.5 Å². The average Bonchev–Trinajstić information content (AvgIpc) is 2.88. The van der Waals surface area contributed by atoms with Crippen LogP contribution < -0.4 is 5.73 Å². The molecule has 0 spiro atoms. The molecule has 0 unspecified atom stereocenters. The Morgan fingerprint density at radius 2 is 2.20 bits per heavy atom. The first kappa shape index (κ1) is 14.0. The minimum Gasteiger partial charge on any atom is -0.462 e. The highest BCUT2D eigenvalue weighted by atomic mass is 16.5. The molecule has 2 rings (SSSR count). The SMILES string of the molecule is CCCc1nccn1-c1cc(C(=O)OCC)c(N)cn1. The van der Waals surface area contributed by atoms with Gasteiger partial charge in [0.15, 0.2) is 0 Å². The van der Waals surface area contributed by atoms with Gasteiger partial charge in [-0.3, -0.25) is 4.57 Å². The molecular formula is C14H18N4O2. The summed E-state index contributed by atoms with van der Waals surface area (Å²) in [5.74, 6) is 1.08. The molecule has 0 bridgehead atoms. The van der Waals surface area contributed by atoms with Gasteiger partial charge in [-0.05, 0) is 19.4 Å². The Morgan fingerprint density at radius 3 is 2.90 bits per heavy atom. The van der Waals surface area contributed by atoms with E-state index in [4.69, 9.17) is 10.5 Å². The number of nitrogen functional groups attached to an aromatic ring is 1. The topological polar surface area (TPSA) is 83.0 Å². The van der Waals surface area contributed by atoms with Gasteiger partial charge in [-0.1, -0.05) is 6.92 Å². The van der Waals surface area contributed by atoms with Gasteiger partial charge in [0.05, 0.1) is 24.1 Å². The molecule has 0 saturated heterocycles. The minimum atomic E-state index is -0.439. The number of pyridine rings is 1. The number of rotatable bonds is 5. The number of carbonyl (C=O) groups excluding carboxylic acids is 1. The lowest BCUT2D eigenvalue weighted by molar-refractivity contribution is 0.0527. The molecule has 106 valence electrons. The summed E-state index contributed by atoms with van der Waals surface area (Å²) >= 11 is 0. The number of ether oxygens (including phenoxy) is 1. The molecule has 0 aromatic carbocycles. The van der Waals surface area contributed by atoms with Crippen LogP contribution >= 0.6 is 0 Å². The van der Waals surface area contributed by atoms with Crippen molar-refractivity contribution in [2.45, 2.75) is 26.7 Å². The fraction of sp³-hybridized carbons (Fsp3) is 0.357. The molecule has 0 aliphatic rings. The summed E-state index contributed by atoms with van der Waals surface area (Å²) < 4.78 is 6.84. The zero-order valence-corrected chi connectivity index (χ0v) is 11.7. The van der Waals surface area contributed by atoms with E-state index in [1.165, 1.54) is 6.20 Å². The van der Waals surface area contributed by atoms with Crippen molar-refractivity contribution in [2.24, 2.45) is 0 Å². The van der Waals surface area contributed by atoms with Crippen LogP contribution in [-0.4, -0.2) is 27.1 Å². The van der Waals surface area contributed by atoms with Crippen LogP contribution in [0.25, 0.3) is 5.82 Å². The van der Waals surface area contributed by atoms with Crippen molar-refractivity contribution in [3.05, 3.63) is 36.0 Å². The third kappa shape index (κ3) is 2.79. The predicted octanol–water partition coefficient (Wildman–Crippen LogP) is 1.98. The maximum atomic E-state index is 11.8.